The molecule has 25 heavy (non-hydrogen) atoms. The number of ether oxygens (including phenoxy) is 2. The van der Waals surface area contributed by atoms with Gasteiger partial charge in [0, 0.05) is 38.9 Å². The van der Waals surface area contributed by atoms with E-state index in [4.69, 9.17) is 9.47 Å². The maximum atomic E-state index is 5.81. The zero-order chi connectivity index (χ0) is 18.7. The van der Waals surface area contributed by atoms with Crippen LogP contribution in [-0.2, 0) is 11.3 Å². The van der Waals surface area contributed by atoms with Gasteiger partial charge in [0.05, 0.1) is 13.2 Å². The zero-order valence-corrected chi connectivity index (χ0v) is 16.6. The van der Waals surface area contributed by atoms with E-state index in [2.05, 4.69) is 53.7 Å². The molecule has 6 nitrogen and oxygen atoms in total. The van der Waals surface area contributed by atoms with Crippen LogP contribution in [0.1, 0.15) is 24.5 Å². The van der Waals surface area contributed by atoms with E-state index in [9.17, 15) is 0 Å². The largest absolute Gasteiger partial charge is 0.496 e. The average Bonchev–Trinajstić information content (AvgIpc) is 2.60. The van der Waals surface area contributed by atoms with E-state index in [-0.39, 0.29) is 6.10 Å². The lowest BCUT2D eigenvalue weighted by atomic mass is 10.1. The van der Waals surface area contributed by atoms with Crippen LogP contribution >= 0.6 is 0 Å². The van der Waals surface area contributed by atoms with Gasteiger partial charge in [-0.3, -0.25) is 4.99 Å². The number of hydrogen-bond acceptors (Lipinski definition) is 4. The van der Waals surface area contributed by atoms with Crippen molar-refractivity contribution in [2.24, 2.45) is 4.99 Å². The number of nitrogens with zero attached hydrogens (tertiary/aromatic N) is 2. The second-order valence-electron chi connectivity index (χ2n) is 6.29. The molecule has 0 saturated carbocycles. The Bertz CT molecular complexity index is 532. The van der Waals surface area contributed by atoms with Crippen LogP contribution in [0.15, 0.2) is 23.2 Å². The first-order valence-corrected chi connectivity index (χ1v) is 8.84. The molecule has 142 valence electrons. The van der Waals surface area contributed by atoms with Gasteiger partial charge in [-0.15, -0.1) is 0 Å². The van der Waals surface area contributed by atoms with Gasteiger partial charge in [0.25, 0.3) is 0 Å². The number of rotatable bonds is 10. The minimum atomic E-state index is 0.167. The maximum Gasteiger partial charge on any atom is 0.191 e. The summed E-state index contributed by atoms with van der Waals surface area (Å²) in [4.78, 5) is 6.46. The highest BCUT2D eigenvalue weighted by Gasteiger charge is 2.10. The molecule has 0 saturated heterocycles. The molecule has 0 bridgehead atoms. The van der Waals surface area contributed by atoms with E-state index in [0.29, 0.717) is 13.2 Å². The third kappa shape index (κ3) is 8.23. The molecule has 1 aromatic rings. The second kappa shape index (κ2) is 11.7. The molecule has 0 spiro atoms. The molecule has 1 aromatic carbocycles. The summed E-state index contributed by atoms with van der Waals surface area (Å²) in [5.41, 5.74) is 2.29. The standard InChI is InChI=1S/C19H34N4O2/c1-7-25-17(10-11-23(4)5)14-22-19(20-3)21-13-16-9-8-15(2)12-18(16)24-6/h8-9,12,17H,7,10-11,13-14H2,1-6H3,(H2,20,21,22). The van der Waals surface area contributed by atoms with E-state index >= 15 is 0 Å². The van der Waals surface area contributed by atoms with Crippen LogP contribution in [0, 0.1) is 6.92 Å². The molecular weight excluding hydrogens is 316 g/mol. The summed E-state index contributed by atoms with van der Waals surface area (Å²) < 4.78 is 11.3. The predicted octanol–water partition coefficient (Wildman–Crippen LogP) is 2.03. The van der Waals surface area contributed by atoms with Gasteiger partial charge >= 0.3 is 0 Å². The Morgan fingerprint density at radius 1 is 1.28 bits per heavy atom. The van der Waals surface area contributed by atoms with E-state index in [0.717, 1.165) is 36.8 Å². The predicted molar refractivity (Wildman–Crippen MR) is 105 cm³/mol. The van der Waals surface area contributed by atoms with Crippen LogP contribution in [-0.4, -0.2) is 64.9 Å². The highest BCUT2D eigenvalue weighted by atomic mass is 16.5. The number of aliphatic imine (C=N–C) groups is 1. The molecule has 1 rings (SSSR count). The lowest BCUT2D eigenvalue weighted by Crippen LogP contribution is -2.42. The van der Waals surface area contributed by atoms with E-state index in [1.807, 2.05) is 13.0 Å². The Hall–Kier alpha value is -1.79. The van der Waals surface area contributed by atoms with Gasteiger partial charge in [-0.2, -0.15) is 0 Å². The lowest BCUT2D eigenvalue weighted by Gasteiger charge is -2.21. The van der Waals surface area contributed by atoms with Crippen LogP contribution < -0.4 is 15.4 Å². The van der Waals surface area contributed by atoms with E-state index in [1.165, 1.54) is 5.56 Å². The summed E-state index contributed by atoms with van der Waals surface area (Å²) in [6, 6.07) is 6.20. The monoisotopic (exact) mass is 350 g/mol. The van der Waals surface area contributed by atoms with Crippen LogP contribution in [0.5, 0.6) is 5.75 Å². The molecule has 2 N–H and O–H groups in total. The molecule has 6 heteroatoms. The minimum absolute atomic E-state index is 0.167. The topological polar surface area (TPSA) is 58.1 Å². The van der Waals surface area contributed by atoms with Crippen LogP contribution in [0.3, 0.4) is 0 Å². The molecule has 0 aliphatic carbocycles. The van der Waals surface area contributed by atoms with Crippen LogP contribution in [0.25, 0.3) is 0 Å². The van der Waals surface area contributed by atoms with Crippen molar-refractivity contribution in [3.63, 3.8) is 0 Å². The summed E-state index contributed by atoms with van der Waals surface area (Å²) in [5.74, 6) is 1.65. The number of benzene rings is 1. The van der Waals surface area contributed by atoms with Crippen LogP contribution in [0.4, 0.5) is 0 Å². The third-order valence-corrected chi connectivity index (χ3v) is 3.91. The lowest BCUT2D eigenvalue weighted by molar-refractivity contribution is 0.0548. The van der Waals surface area contributed by atoms with E-state index < -0.39 is 0 Å². The Kier molecular flexibility index (Phi) is 9.96. The molecule has 1 atom stereocenters. The fourth-order valence-electron chi connectivity index (χ4n) is 2.49. The summed E-state index contributed by atoms with van der Waals surface area (Å²) in [7, 11) is 7.62. The van der Waals surface area contributed by atoms with Gasteiger partial charge in [-0.05, 0) is 46.0 Å². The Morgan fingerprint density at radius 3 is 2.64 bits per heavy atom. The first-order valence-electron chi connectivity index (χ1n) is 8.84. The summed E-state index contributed by atoms with van der Waals surface area (Å²) in [6.45, 7) is 7.18. The number of hydrogen-bond donors (Lipinski definition) is 2. The Balaban J connectivity index is 2.53. The smallest absolute Gasteiger partial charge is 0.191 e. The van der Waals surface area contributed by atoms with Gasteiger partial charge < -0.3 is 25.0 Å². The Labute approximate surface area is 152 Å². The molecule has 0 amide bonds. The van der Waals surface area contributed by atoms with Crippen LogP contribution in [0.2, 0.25) is 0 Å². The molecule has 1 unspecified atom stereocenters. The molecule has 0 heterocycles. The maximum absolute atomic E-state index is 5.81. The highest BCUT2D eigenvalue weighted by molar-refractivity contribution is 5.79. The van der Waals surface area contributed by atoms with Gasteiger partial charge in [0.15, 0.2) is 5.96 Å². The van der Waals surface area contributed by atoms with Crippen molar-refractivity contribution in [2.75, 3.05) is 47.9 Å². The van der Waals surface area contributed by atoms with Crippen molar-refractivity contribution in [3.05, 3.63) is 29.3 Å². The van der Waals surface area contributed by atoms with Crippen molar-refractivity contribution in [1.29, 1.82) is 0 Å². The highest BCUT2D eigenvalue weighted by Crippen LogP contribution is 2.19. The second-order valence-corrected chi connectivity index (χ2v) is 6.29. The van der Waals surface area contributed by atoms with Crippen molar-refractivity contribution < 1.29 is 9.47 Å². The molecule has 0 radical (unpaired) electrons. The molecule has 0 fully saturated rings. The molecule has 0 aliphatic heterocycles. The molecule has 0 aromatic heterocycles. The number of guanidine groups is 1. The zero-order valence-electron chi connectivity index (χ0n) is 16.6. The van der Waals surface area contributed by atoms with Crippen molar-refractivity contribution in [3.8, 4) is 5.75 Å². The fraction of sp³-hybridized carbons (Fsp3) is 0.632. The first-order chi connectivity index (χ1) is 12.0. The van der Waals surface area contributed by atoms with Gasteiger partial charge in [-0.1, -0.05) is 12.1 Å². The van der Waals surface area contributed by atoms with E-state index in [1.54, 1.807) is 14.2 Å². The van der Waals surface area contributed by atoms with Crippen molar-refractivity contribution in [1.82, 2.24) is 15.5 Å². The quantitative estimate of drug-likeness (QED) is 0.499. The number of methoxy groups -OCH3 is 1. The fourth-order valence-corrected chi connectivity index (χ4v) is 2.49. The van der Waals surface area contributed by atoms with Gasteiger partial charge in [-0.25, -0.2) is 0 Å². The summed E-state index contributed by atoms with van der Waals surface area (Å²) in [5, 5.41) is 6.69. The summed E-state index contributed by atoms with van der Waals surface area (Å²) >= 11 is 0. The normalized spacial score (nSPS) is 13.0. The van der Waals surface area contributed by atoms with Crippen molar-refractivity contribution >= 4 is 5.96 Å². The SMILES string of the molecule is CCOC(CCN(C)C)CNC(=NC)NCc1ccc(C)cc1OC. The van der Waals surface area contributed by atoms with Gasteiger partial charge in [0.1, 0.15) is 5.75 Å². The van der Waals surface area contributed by atoms with Gasteiger partial charge in [0.2, 0.25) is 0 Å². The minimum Gasteiger partial charge on any atom is -0.496 e. The Morgan fingerprint density at radius 2 is 2.04 bits per heavy atom. The summed E-state index contributed by atoms with van der Waals surface area (Å²) in [6.07, 6.45) is 1.15. The molecule has 0 aliphatic rings. The average molecular weight is 351 g/mol. The van der Waals surface area contributed by atoms with Crippen molar-refractivity contribution in [2.45, 2.75) is 32.9 Å². The number of aryl methyl sites for hydroxylation is 1. The third-order valence-electron chi connectivity index (χ3n) is 3.91. The first kappa shape index (κ1) is 21.3. The molecular formula is C19H34N4O2. The number of nitrogens with one attached hydrogen (secondary N) is 2.